The van der Waals surface area contributed by atoms with Crippen LogP contribution in [0.15, 0.2) is 12.8 Å². The summed E-state index contributed by atoms with van der Waals surface area (Å²) in [5.41, 5.74) is -0.418. The van der Waals surface area contributed by atoms with Crippen LogP contribution in [0.4, 0.5) is 0 Å². The number of aliphatic hydroxyl groups is 1. The molecule has 1 saturated carbocycles. The summed E-state index contributed by atoms with van der Waals surface area (Å²) in [6, 6.07) is 0.586. The Hall–Kier alpha value is -0.500. The van der Waals surface area contributed by atoms with Crippen molar-refractivity contribution in [3.05, 3.63) is 12.8 Å². The van der Waals surface area contributed by atoms with Crippen LogP contribution < -0.4 is 0 Å². The van der Waals surface area contributed by atoms with Crippen molar-refractivity contribution in [1.82, 2.24) is 4.90 Å². The fraction of sp³-hybridized carbons (Fsp3) is 0.800. The van der Waals surface area contributed by atoms with Gasteiger partial charge in [0, 0.05) is 13.1 Å². The maximum Gasteiger partial charge on any atom is 0.0621 e. The van der Waals surface area contributed by atoms with Gasteiger partial charge in [-0.2, -0.15) is 0 Å². The zero-order valence-electron chi connectivity index (χ0n) is 8.08. The van der Waals surface area contributed by atoms with Crippen LogP contribution in [0.1, 0.15) is 32.6 Å². The zero-order chi connectivity index (χ0) is 9.19. The van der Waals surface area contributed by atoms with Crippen molar-refractivity contribution >= 4 is 0 Å². The summed E-state index contributed by atoms with van der Waals surface area (Å²) in [5, 5.41) is 9.70. The highest BCUT2D eigenvalue weighted by molar-refractivity contribution is 4.87. The predicted molar refractivity (Wildman–Crippen MR) is 50.8 cm³/mol. The third-order valence-electron chi connectivity index (χ3n) is 2.90. The molecule has 1 N–H and O–H groups in total. The summed E-state index contributed by atoms with van der Waals surface area (Å²) >= 11 is 0. The average molecular weight is 169 g/mol. The molecule has 0 aromatic carbocycles. The van der Waals surface area contributed by atoms with E-state index in [9.17, 15) is 5.11 Å². The number of nitrogens with zero attached hydrogens (tertiary/aromatic N) is 1. The van der Waals surface area contributed by atoms with Gasteiger partial charge in [0.1, 0.15) is 0 Å². The smallest absolute Gasteiger partial charge is 0.0621 e. The molecule has 0 atom stereocenters. The maximum atomic E-state index is 9.70. The Morgan fingerprint density at radius 2 is 2.00 bits per heavy atom. The van der Waals surface area contributed by atoms with Gasteiger partial charge in [-0.3, -0.25) is 0 Å². The van der Waals surface area contributed by atoms with E-state index < -0.39 is 5.60 Å². The Balaban J connectivity index is 2.40. The van der Waals surface area contributed by atoms with Crippen LogP contribution in [0.5, 0.6) is 0 Å². The van der Waals surface area contributed by atoms with E-state index in [-0.39, 0.29) is 0 Å². The first kappa shape index (κ1) is 9.59. The lowest BCUT2D eigenvalue weighted by atomic mass is 9.83. The van der Waals surface area contributed by atoms with Gasteiger partial charge in [0.05, 0.1) is 5.60 Å². The zero-order valence-corrected chi connectivity index (χ0v) is 8.08. The van der Waals surface area contributed by atoms with Crippen molar-refractivity contribution in [2.45, 2.75) is 44.2 Å². The second kappa shape index (κ2) is 3.48. The molecule has 2 nitrogen and oxygen atoms in total. The van der Waals surface area contributed by atoms with Crippen LogP contribution >= 0.6 is 0 Å². The van der Waals surface area contributed by atoms with E-state index in [4.69, 9.17) is 0 Å². The molecule has 70 valence electrons. The molecule has 0 radical (unpaired) electrons. The molecular formula is C10H19NO. The highest BCUT2D eigenvalue weighted by atomic mass is 16.3. The quantitative estimate of drug-likeness (QED) is 0.681. The van der Waals surface area contributed by atoms with Crippen LogP contribution in [-0.4, -0.2) is 28.7 Å². The van der Waals surface area contributed by atoms with E-state index in [1.54, 1.807) is 0 Å². The minimum Gasteiger partial charge on any atom is -0.390 e. The van der Waals surface area contributed by atoms with Gasteiger partial charge in [-0.1, -0.05) is 6.58 Å². The predicted octanol–water partition coefficient (Wildman–Crippen LogP) is 1.76. The lowest BCUT2D eigenvalue weighted by molar-refractivity contribution is 0.00439. The van der Waals surface area contributed by atoms with Crippen molar-refractivity contribution in [3.63, 3.8) is 0 Å². The first-order valence-electron chi connectivity index (χ1n) is 4.62. The molecule has 0 aliphatic heterocycles. The summed E-state index contributed by atoms with van der Waals surface area (Å²) in [7, 11) is 2.05. The monoisotopic (exact) mass is 169 g/mol. The first-order chi connectivity index (χ1) is 5.55. The third kappa shape index (κ3) is 2.24. The Labute approximate surface area is 74.9 Å². The second-order valence-electron chi connectivity index (χ2n) is 4.08. The molecule has 0 aromatic rings. The van der Waals surface area contributed by atoms with Crippen molar-refractivity contribution in [1.29, 1.82) is 0 Å². The Morgan fingerprint density at radius 3 is 2.42 bits per heavy atom. The lowest BCUT2D eigenvalue weighted by Crippen LogP contribution is -2.38. The number of hydrogen-bond donors (Lipinski definition) is 1. The maximum absolute atomic E-state index is 9.70. The molecule has 1 aliphatic carbocycles. The highest BCUT2D eigenvalue weighted by Crippen LogP contribution is 2.29. The normalized spacial score (nSPS) is 36.1. The lowest BCUT2D eigenvalue weighted by Gasteiger charge is -2.37. The molecule has 0 aromatic heterocycles. The largest absolute Gasteiger partial charge is 0.390 e. The molecule has 0 unspecified atom stereocenters. The van der Waals surface area contributed by atoms with E-state index in [1.165, 1.54) is 0 Å². The second-order valence-corrected chi connectivity index (χ2v) is 4.08. The van der Waals surface area contributed by atoms with E-state index in [0.29, 0.717) is 6.04 Å². The van der Waals surface area contributed by atoms with Crippen LogP contribution in [0.3, 0.4) is 0 Å². The fourth-order valence-electron chi connectivity index (χ4n) is 1.78. The molecule has 0 spiro atoms. The van der Waals surface area contributed by atoms with E-state index in [0.717, 1.165) is 25.7 Å². The Kier molecular flexibility index (Phi) is 2.78. The molecular weight excluding hydrogens is 150 g/mol. The van der Waals surface area contributed by atoms with Gasteiger partial charge in [0.25, 0.3) is 0 Å². The number of hydrogen-bond acceptors (Lipinski definition) is 2. The van der Waals surface area contributed by atoms with Gasteiger partial charge in [0.2, 0.25) is 0 Å². The van der Waals surface area contributed by atoms with Crippen molar-refractivity contribution in [2.24, 2.45) is 0 Å². The van der Waals surface area contributed by atoms with Crippen LogP contribution in [-0.2, 0) is 0 Å². The van der Waals surface area contributed by atoms with E-state index in [2.05, 4.69) is 18.5 Å². The van der Waals surface area contributed by atoms with Gasteiger partial charge in [-0.15, -0.1) is 0 Å². The van der Waals surface area contributed by atoms with Crippen molar-refractivity contribution in [3.8, 4) is 0 Å². The number of rotatable bonds is 2. The molecule has 12 heavy (non-hydrogen) atoms. The molecule has 2 heteroatoms. The van der Waals surface area contributed by atoms with Gasteiger partial charge < -0.3 is 10.0 Å². The first-order valence-corrected chi connectivity index (χ1v) is 4.62. The molecule has 1 rings (SSSR count). The van der Waals surface area contributed by atoms with Gasteiger partial charge >= 0.3 is 0 Å². The third-order valence-corrected chi connectivity index (χ3v) is 2.90. The molecule has 0 amide bonds. The van der Waals surface area contributed by atoms with Gasteiger partial charge in [-0.05, 0) is 38.8 Å². The van der Waals surface area contributed by atoms with Gasteiger partial charge in [0.15, 0.2) is 0 Å². The summed E-state index contributed by atoms with van der Waals surface area (Å²) in [4.78, 5) is 2.15. The topological polar surface area (TPSA) is 23.5 Å². The molecule has 1 aliphatic rings. The van der Waals surface area contributed by atoms with Crippen LogP contribution in [0.25, 0.3) is 0 Å². The average Bonchev–Trinajstić information content (AvgIpc) is 2.03. The Morgan fingerprint density at radius 1 is 1.50 bits per heavy atom. The van der Waals surface area contributed by atoms with Crippen LogP contribution in [0, 0.1) is 0 Å². The summed E-state index contributed by atoms with van der Waals surface area (Å²) in [6.07, 6.45) is 5.85. The van der Waals surface area contributed by atoms with Crippen molar-refractivity contribution in [2.75, 3.05) is 7.05 Å². The van der Waals surface area contributed by atoms with E-state index in [1.807, 2.05) is 13.1 Å². The van der Waals surface area contributed by atoms with Crippen molar-refractivity contribution < 1.29 is 5.11 Å². The molecule has 1 fully saturated rings. The summed E-state index contributed by atoms with van der Waals surface area (Å²) in [6.45, 7) is 5.66. The van der Waals surface area contributed by atoms with Gasteiger partial charge in [-0.25, -0.2) is 0 Å². The standard InChI is InChI=1S/C10H19NO/c1-4-11(3)9-5-7-10(2,12)8-6-9/h4,9,12H,1,5-8H2,2-3H3. The Bertz CT molecular complexity index is 155. The summed E-state index contributed by atoms with van der Waals surface area (Å²) < 4.78 is 0. The highest BCUT2D eigenvalue weighted by Gasteiger charge is 2.29. The van der Waals surface area contributed by atoms with Crippen LogP contribution in [0.2, 0.25) is 0 Å². The molecule has 0 bridgehead atoms. The molecule has 0 saturated heterocycles. The molecule has 0 heterocycles. The minimum atomic E-state index is -0.418. The summed E-state index contributed by atoms with van der Waals surface area (Å²) in [5.74, 6) is 0. The van der Waals surface area contributed by atoms with E-state index >= 15 is 0 Å². The minimum absolute atomic E-state index is 0.418. The SMILES string of the molecule is C=CN(C)C1CCC(C)(O)CC1. The fourth-order valence-corrected chi connectivity index (χ4v) is 1.78.